The van der Waals surface area contributed by atoms with Crippen molar-refractivity contribution >= 4 is 27.6 Å². The fraction of sp³-hybridized carbons (Fsp3) is 0.533. The number of carbonyl (C=O) groups excluding carboxylic acids is 1. The molecule has 110 valence electrons. The highest BCUT2D eigenvalue weighted by Crippen LogP contribution is 2.37. The van der Waals surface area contributed by atoms with Crippen LogP contribution in [-0.2, 0) is 0 Å². The first-order chi connectivity index (χ1) is 9.44. The predicted molar refractivity (Wildman–Crippen MR) is 83.9 cm³/mol. The Bertz CT molecular complexity index is 507. The van der Waals surface area contributed by atoms with Crippen molar-refractivity contribution < 1.29 is 9.90 Å². The monoisotopic (exact) mass is 340 g/mol. The van der Waals surface area contributed by atoms with Gasteiger partial charge in [-0.05, 0) is 43.5 Å². The van der Waals surface area contributed by atoms with Gasteiger partial charge in [-0.15, -0.1) is 0 Å². The summed E-state index contributed by atoms with van der Waals surface area (Å²) in [7, 11) is 0. The summed E-state index contributed by atoms with van der Waals surface area (Å²) in [6.45, 7) is 4.08. The number of urea groups is 1. The van der Waals surface area contributed by atoms with E-state index >= 15 is 0 Å². The summed E-state index contributed by atoms with van der Waals surface area (Å²) in [4.78, 5) is 12.1. The molecule has 1 aliphatic carbocycles. The largest absolute Gasteiger partial charge is 0.396 e. The topological polar surface area (TPSA) is 61.4 Å². The molecule has 1 saturated carbocycles. The molecule has 2 unspecified atom stereocenters. The van der Waals surface area contributed by atoms with Gasteiger partial charge in [0.1, 0.15) is 0 Å². The van der Waals surface area contributed by atoms with Crippen LogP contribution in [0.2, 0.25) is 0 Å². The molecule has 0 bridgehead atoms. The zero-order chi connectivity index (χ0) is 14.8. The summed E-state index contributed by atoms with van der Waals surface area (Å²) in [6, 6.07) is 5.56. The van der Waals surface area contributed by atoms with Crippen LogP contribution in [0.4, 0.5) is 10.5 Å². The van der Waals surface area contributed by atoms with Crippen LogP contribution < -0.4 is 10.6 Å². The summed E-state index contributed by atoms with van der Waals surface area (Å²) in [5.41, 5.74) is 1.60. The number of benzene rings is 1. The maximum Gasteiger partial charge on any atom is 0.319 e. The average molecular weight is 341 g/mol. The first-order valence-electron chi connectivity index (χ1n) is 6.89. The summed E-state index contributed by atoms with van der Waals surface area (Å²) >= 11 is 3.40. The molecule has 1 aromatic carbocycles. The Morgan fingerprint density at radius 1 is 1.55 bits per heavy atom. The van der Waals surface area contributed by atoms with Gasteiger partial charge in [0, 0.05) is 21.6 Å². The second-order valence-electron chi connectivity index (χ2n) is 5.81. The third-order valence-electron chi connectivity index (χ3n) is 4.19. The van der Waals surface area contributed by atoms with Gasteiger partial charge in [0.05, 0.1) is 6.61 Å². The molecule has 0 saturated heterocycles. The first kappa shape index (κ1) is 15.3. The number of aliphatic hydroxyl groups excluding tert-OH is 1. The van der Waals surface area contributed by atoms with Crippen LogP contribution in [0.1, 0.15) is 31.7 Å². The van der Waals surface area contributed by atoms with Crippen molar-refractivity contribution in [2.24, 2.45) is 5.41 Å². The second-order valence-corrected chi connectivity index (χ2v) is 6.73. The number of hydrogen-bond donors (Lipinski definition) is 3. The Morgan fingerprint density at radius 2 is 2.30 bits per heavy atom. The van der Waals surface area contributed by atoms with E-state index in [2.05, 4.69) is 26.6 Å². The van der Waals surface area contributed by atoms with E-state index in [1.54, 1.807) is 0 Å². The lowest BCUT2D eigenvalue weighted by molar-refractivity contribution is 0.122. The fourth-order valence-corrected chi connectivity index (χ4v) is 3.23. The van der Waals surface area contributed by atoms with Crippen molar-refractivity contribution in [3.05, 3.63) is 28.2 Å². The van der Waals surface area contributed by atoms with Gasteiger partial charge in [-0.25, -0.2) is 4.79 Å². The minimum atomic E-state index is -0.206. The third kappa shape index (κ3) is 3.33. The van der Waals surface area contributed by atoms with E-state index in [4.69, 9.17) is 0 Å². The highest BCUT2D eigenvalue weighted by molar-refractivity contribution is 9.10. The Kier molecular flexibility index (Phi) is 4.70. The van der Waals surface area contributed by atoms with Crippen LogP contribution in [0.5, 0.6) is 0 Å². The molecule has 20 heavy (non-hydrogen) atoms. The van der Waals surface area contributed by atoms with Crippen molar-refractivity contribution in [2.75, 3.05) is 11.9 Å². The van der Waals surface area contributed by atoms with Crippen LogP contribution >= 0.6 is 15.9 Å². The molecule has 0 heterocycles. The highest BCUT2D eigenvalue weighted by Gasteiger charge is 2.39. The van der Waals surface area contributed by atoms with Crippen LogP contribution in [0.25, 0.3) is 0 Å². The van der Waals surface area contributed by atoms with Gasteiger partial charge in [-0.2, -0.15) is 0 Å². The quantitative estimate of drug-likeness (QED) is 0.789. The Labute approximate surface area is 128 Å². The maximum atomic E-state index is 12.1. The van der Waals surface area contributed by atoms with Crippen LogP contribution in [0.3, 0.4) is 0 Å². The lowest BCUT2D eigenvalue weighted by Crippen LogP contribution is -2.46. The Hall–Kier alpha value is -1.07. The van der Waals surface area contributed by atoms with Crippen molar-refractivity contribution in [1.29, 1.82) is 0 Å². The lowest BCUT2D eigenvalue weighted by atomic mass is 9.86. The van der Waals surface area contributed by atoms with Crippen LogP contribution in [0.15, 0.2) is 22.7 Å². The zero-order valence-electron chi connectivity index (χ0n) is 11.9. The van der Waals surface area contributed by atoms with Crippen molar-refractivity contribution in [1.82, 2.24) is 5.32 Å². The van der Waals surface area contributed by atoms with Crippen molar-refractivity contribution in [3.8, 4) is 0 Å². The predicted octanol–water partition coefficient (Wildman–Crippen LogP) is 3.43. The normalized spacial score (nSPS) is 25.5. The molecule has 0 aliphatic heterocycles. The first-order valence-corrected chi connectivity index (χ1v) is 7.68. The summed E-state index contributed by atoms with van der Waals surface area (Å²) in [6.07, 6.45) is 2.91. The van der Waals surface area contributed by atoms with Crippen molar-refractivity contribution in [3.63, 3.8) is 0 Å². The van der Waals surface area contributed by atoms with Crippen molar-refractivity contribution in [2.45, 2.75) is 39.2 Å². The standard InChI is InChI=1S/C15H21BrN2O2/c1-10-8-11(16)5-6-12(10)17-14(20)18-13-4-3-7-15(13,2)9-19/h5-6,8,13,19H,3-4,7,9H2,1-2H3,(H2,17,18,20). The number of carbonyl (C=O) groups is 1. The van der Waals surface area contributed by atoms with E-state index in [0.717, 1.165) is 35.0 Å². The molecule has 1 aromatic rings. The molecule has 5 heteroatoms. The zero-order valence-corrected chi connectivity index (χ0v) is 13.5. The number of aryl methyl sites for hydroxylation is 1. The molecule has 3 N–H and O–H groups in total. The SMILES string of the molecule is Cc1cc(Br)ccc1NC(=O)NC1CCCC1(C)CO. The average Bonchev–Trinajstić information content (AvgIpc) is 2.75. The molecular weight excluding hydrogens is 320 g/mol. The number of halogens is 1. The number of amides is 2. The molecule has 4 nitrogen and oxygen atoms in total. The molecule has 2 rings (SSSR count). The molecule has 1 fully saturated rings. The molecule has 0 radical (unpaired) electrons. The van der Waals surface area contributed by atoms with E-state index in [-0.39, 0.29) is 24.1 Å². The van der Waals surface area contributed by atoms with Gasteiger partial charge in [-0.3, -0.25) is 0 Å². The van der Waals surface area contributed by atoms with Crippen LogP contribution in [-0.4, -0.2) is 23.8 Å². The number of hydrogen-bond acceptors (Lipinski definition) is 2. The molecule has 2 atom stereocenters. The Morgan fingerprint density at radius 3 is 2.95 bits per heavy atom. The molecule has 0 aromatic heterocycles. The minimum absolute atomic E-state index is 0.0308. The number of anilines is 1. The highest BCUT2D eigenvalue weighted by atomic mass is 79.9. The van der Waals surface area contributed by atoms with Gasteiger partial charge in [0.15, 0.2) is 0 Å². The molecule has 1 aliphatic rings. The summed E-state index contributed by atoms with van der Waals surface area (Å²) in [5.74, 6) is 0. The minimum Gasteiger partial charge on any atom is -0.396 e. The van der Waals surface area contributed by atoms with Gasteiger partial charge in [-0.1, -0.05) is 29.3 Å². The van der Waals surface area contributed by atoms with Gasteiger partial charge in [0.25, 0.3) is 0 Å². The maximum absolute atomic E-state index is 12.1. The van der Waals surface area contributed by atoms with E-state index in [1.807, 2.05) is 32.0 Å². The van der Waals surface area contributed by atoms with Crippen LogP contribution in [0, 0.1) is 12.3 Å². The number of aliphatic hydroxyl groups is 1. The molecule has 2 amide bonds. The lowest BCUT2D eigenvalue weighted by Gasteiger charge is -2.30. The van der Waals surface area contributed by atoms with E-state index in [1.165, 1.54) is 0 Å². The van der Waals surface area contributed by atoms with Gasteiger partial charge < -0.3 is 15.7 Å². The fourth-order valence-electron chi connectivity index (χ4n) is 2.75. The smallest absolute Gasteiger partial charge is 0.319 e. The molecular formula is C15H21BrN2O2. The third-order valence-corrected chi connectivity index (χ3v) is 4.68. The van der Waals surface area contributed by atoms with E-state index < -0.39 is 0 Å². The van der Waals surface area contributed by atoms with E-state index in [9.17, 15) is 9.90 Å². The summed E-state index contributed by atoms with van der Waals surface area (Å²) in [5, 5.41) is 15.4. The number of rotatable bonds is 3. The number of nitrogens with one attached hydrogen (secondary N) is 2. The second kappa shape index (κ2) is 6.14. The summed E-state index contributed by atoms with van der Waals surface area (Å²) < 4.78 is 0.990. The van der Waals surface area contributed by atoms with Gasteiger partial charge >= 0.3 is 6.03 Å². The molecule has 0 spiro atoms. The van der Waals surface area contributed by atoms with E-state index in [0.29, 0.717) is 0 Å². The van der Waals surface area contributed by atoms with Gasteiger partial charge in [0.2, 0.25) is 0 Å². The Balaban J connectivity index is 1.99.